The zero-order valence-corrected chi connectivity index (χ0v) is 20.2. The number of pyridine rings is 2. The van der Waals surface area contributed by atoms with Gasteiger partial charge < -0.3 is 14.4 Å². The summed E-state index contributed by atoms with van der Waals surface area (Å²) < 4.78 is 28.0. The number of hydrogen-bond donors (Lipinski definition) is 0. The number of hydrogen-bond acceptors (Lipinski definition) is 8. The first kappa shape index (κ1) is 23.3. The molecule has 0 radical (unpaired) electrons. The molecule has 0 aliphatic carbocycles. The van der Waals surface area contributed by atoms with Crippen LogP contribution in [0.5, 0.6) is 0 Å². The minimum Gasteiger partial charge on any atom is -0.344 e. The van der Waals surface area contributed by atoms with Crippen LogP contribution in [0.2, 0.25) is 0 Å². The average molecular weight is 491 g/mol. The summed E-state index contributed by atoms with van der Waals surface area (Å²) in [5.41, 5.74) is 0.442. The first-order valence-corrected chi connectivity index (χ1v) is 13.0. The molecule has 4 heterocycles. The van der Waals surface area contributed by atoms with Gasteiger partial charge in [-0.15, -0.1) is 0 Å². The third-order valence-electron chi connectivity index (χ3n) is 5.66. The van der Waals surface area contributed by atoms with Crippen molar-refractivity contribution < 1.29 is 13.2 Å². The molecule has 1 saturated heterocycles. The fourth-order valence-electron chi connectivity index (χ4n) is 3.78. The Labute approximate surface area is 196 Å². The van der Waals surface area contributed by atoms with Crippen molar-refractivity contribution in [2.45, 2.75) is 25.3 Å². The molecule has 3 aromatic rings. The number of carbonyl (C=O) groups is 1. The molecule has 0 bridgehead atoms. The number of anilines is 1. The molecular weight excluding hydrogens is 464 g/mol. The average Bonchev–Trinajstić information content (AvgIpc) is 3.25. The van der Waals surface area contributed by atoms with E-state index in [4.69, 9.17) is 0 Å². The van der Waals surface area contributed by atoms with Crippen LogP contribution >= 0.6 is 11.3 Å². The molecule has 33 heavy (non-hydrogen) atoms. The molecular formula is C21H26N6O4S2. The zero-order valence-electron chi connectivity index (χ0n) is 18.5. The van der Waals surface area contributed by atoms with E-state index in [1.54, 1.807) is 24.9 Å². The molecule has 0 saturated carbocycles. The van der Waals surface area contributed by atoms with Gasteiger partial charge in [-0.1, -0.05) is 25.2 Å². The summed E-state index contributed by atoms with van der Waals surface area (Å²) in [6.45, 7) is 6.19. The van der Waals surface area contributed by atoms with Crippen LogP contribution < -0.4 is 10.5 Å². The van der Waals surface area contributed by atoms with Crippen molar-refractivity contribution in [3.05, 3.63) is 47.0 Å². The fraction of sp³-hybridized carbons (Fsp3) is 0.429. The number of piperazine rings is 1. The molecule has 12 heteroatoms. The maximum Gasteiger partial charge on any atom is 0.251 e. The van der Waals surface area contributed by atoms with Gasteiger partial charge >= 0.3 is 0 Å². The number of nitrogens with zero attached hydrogens (tertiary/aromatic N) is 6. The Bertz CT molecular complexity index is 1270. The van der Waals surface area contributed by atoms with Gasteiger partial charge in [0.05, 0.1) is 4.90 Å². The highest BCUT2D eigenvalue weighted by Crippen LogP contribution is 2.27. The van der Waals surface area contributed by atoms with Gasteiger partial charge in [0.15, 0.2) is 5.13 Å². The summed E-state index contributed by atoms with van der Waals surface area (Å²) in [5.74, 6) is -0.222. The Morgan fingerprint density at radius 2 is 1.85 bits per heavy atom. The van der Waals surface area contributed by atoms with E-state index in [0.29, 0.717) is 39.3 Å². The van der Waals surface area contributed by atoms with Crippen molar-refractivity contribution in [3.63, 3.8) is 0 Å². The summed E-state index contributed by atoms with van der Waals surface area (Å²) >= 11 is 1.52. The van der Waals surface area contributed by atoms with Gasteiger partial charge in [-0.25, -0.2) is 18.4 Å². The van der Waals surface area contributed by atoms with Crippen LogP contribution in [0.15, 0.2) is 46.3 Å². The topological polar surface area (TPSA) is 109 Å². The minimum atomic E-state index is -3.72. The van der Waals surface area contributed by atoms with Gasteiger partial charge in [0.25, 0.3) is 5.56 Å². The van der Waals surface area contributed by atoms with E-state index >= 15 is 0 Å². The lowest BCUT2D eigenvalue weighted by atomic mass is 10.3. The lowest BCUT2D eigenvalue weighted by molar-refractivity contribution is -0.132. The number of sulfonamides is 1. The monoisotopic (exact) mass is 490 g/mol. The Hall–Kier alpha value is -2.83. The third kappa shape index (κ3) is 4.77. The Kier molecular flexibility index (Phi) is 6.77. The largest absolute Gasteiger partial charge is 0.344 e. The number of amides is 1. The maximum absolute atomic E-state index is 12.9. The van der Waals surface area contributed by atoms with E-state index in [0.717, 1.165) is 15.5 Å². The van der Waals surface area contributed by atoms with Crippen molar-refractivity contribution in [2.75, 3.05) is 44.2 Å². The molecule has 10 nitrogen and oxygen atoms in total. The van der Waals surface area contributed by atoms with Crippen molar-refractivity contribution in [1.82, 2.24) is 23.7 Å². The van der Waals surface area contributed by atoms with Crippen molar-refractivity contribution in [2.24, 2.45) is 0 Å². The number of carbonyl (C=O) groups excluding carboxylic acids is 1. The summed E-state index contributed by atoms with van der Waals surface area (Å²) in [6, 6.07) is 6.27. The quantitative estimate of drug-likeness (QED) is 0.490. The lowest BCUT2D eigenvalue weighted by Crippen LogP contribution is -2.50. The molecule has 1 amide bonds. The van der Waals surface area contributed by atoms with Gasteiger partial charge in [0.2, 0.25) is 15.9 Å². The molecule has 3 aromatic heterocycles. The molecule has 0 N–H and O–H groups in total. The second-order valence-corrected chi connectivity index (χ2v) is 10.5. The van der Waals surface area contributed by atoms with Crippen LogP contribution in [0.25, 0.3) is 10.3 Å². The van der Waals surface area contributed by atoms with Crippen LogP contribution in [0.1, 0.15) is 13.8 Å². The van der Waals surface area contributed by atoms with Crippen molar-refractivity contribution in [3.8, 4) is 0 Å². The molecule has 4 rings (SSSR count). The van der Waals surface area contributed by atoms with Gasteiger partial charge in [0.1, 0.15) is 16.9 Å². The number of rotatable bonds is 7. The zero-order chi connectivity index (χ0) is 23.6. The standard InChI is InChI=1S/C21H26N6O4S2/c1-3-27(4-2)33(30,31)16-7-8-18(28)26(14-16)15-19(29)24-10-12-25(13-11-24)21-23-17-6-5-9-22-20(17)32-21/h5-9,14H,3-4,10-13,15H2,1-2H3. The molecule has 0 spiro atoms. The Morgan fingerprint density at radius 1 is 1.12 bits per heavy atom. The van der Waals surface area contributed by atoms with Crippen LogP contribution in [-0.2, 0) is 21.4 Å². The summed E-state index contributed by atoms with van der Waals surface area (Å²) in [4.78, 5) is 38.8. The predicted molar refractivity (Wildman–Crippen MR) is 127 cm³/mol. The first-order valence-electron chi connectivity index (χ1n) is 10.8. The second kappa shape index (κ2) is 9.57. The van der Waals surface area contributed by atoms with E-state index in [2.05, 4.69) is 14.9 Å². The van der Waals surface area contributed by atoms with Crippen molar-refractivity contribution in [1.29, 1.82) is 0 Å². The lowest BCUT2D eigenvalue weighted by Gasteiger charge is -2.34. The fourth-order valence-corrected chi connectivity index (χ4v) is 6.22. The highest BCUT2D eigenvalue weighted by atomic mass is 32.2. The molecule has 0 unspecified atom stereocenters. The van der Waals surface area contributed by atoms with Crippen molar-refractivity contribution >= 4 is 42.7 Å². The summed E-state index contributed by atoms with van der Waals surface area (Å²) in [7, 11) is -3.72. The number of aromatic nitrogens is 3. The van der Waals surface area contributed by atoms with Crippen LogP contribution in [0, 0.1) is 0 Å². The van der Waals surface area contributed by atoms with E-state index in [9.17, 15) is 18.0 Å². The Morgan fingerprint density at radius 3 is 2.52 bits per heavy atom. The van der Waals surface area contributed by atoms with E-state index in [1.165, 1.54) is 38.5 Å². The molecule has 176 valence electrons. The van der Waals surface area contributed by atoms with Crippen LogP contribution in [0.3, 0.4) is 0 Å². The van der Waals surface area contributed by atoms with Gasteiger partial charge in [0, 0.05) is 57.7 Å². The summed E-state index contributed by atoms with van der Waals surface area (Å²) in [6.07, 6.45) is 3.00. The molecule has 1 aliphatic rings. The first-order chi connectivity index (χ1) is 15.8. The molecule has 1 fully saturated rings. The highest BCUT2D eigenvalue weighted by molar-refractivity contribution is 7.89. The molecule has 0 aromatic carbocycles. The van der Waals surface area contributed by atoms with E-state index in [1.807, 2.05) is 12.1 Å². The van der Waals surface area contributed by atoms with E-state index in [-0.39, 0.29) is 17.3 Å². The Balaban J connectivity index is 1.43. The normalized spacial score (nSPS) is 14.9. The summed E-state index contributed by atoms with van der Waals surface area (Å²) in [5, 5.41) is 0.876. The smallest absolute Gasteiger partial charge is 0.251 e. The maximum atomic E-state index is 12.9. The van der Waals surface area contributed by atoms with Gasteiger partial charge in [-0.3, -0.25) is 9.59 Å². The minimum absolute atomic E-state index is 0.00728. The highest BCUT2D eigenvalue weighted by Gasteiger charge is 2.25. The molecule has 1 aliphatic heterocycles. The van der Waals surface area contributed by atoms with E-state index < -0.39 is 15.6 Å². The van der Waals surface area contributed by atoms with Crippen LogP contribution in [-0.4, -0.2) is 77.3 Å². The van der Waals surface area contributed by atoms with Crippen LogP contribution in [0.4, 0.5) is 5.13 Å². The number of fused-ring (bicyclic) bond motifs is 1. The molecule has 0 atom stereocenters. The third-order valence-corrected chi connectivity index (χ3v) is 8.74. The second-order valence-electron chi connectivity index (χ2n) is 7.61. The number of thiazole rings is 1. The van der Waals surface area contributed by atoms with Gasteiger partial charge in [-0.2, -0.15) is 4.31 Å². The van der Waals surface area contributed by atoms with Gasteiger partial charge in [-0.05, 0) is 18.2 Å². The SMILES string of the molecule is CCN(CC)S(=O)(=O)c1ccc(=O)n(CC(=O)N2CCN(c3nc4cccnc4s3)CC2)c1. The predicted octanol–water partition coefficient (Wildman–Crippen LogP) is 1.23.